The van der Waals surface area contributed by atoms with Crippen LogP contribution in [0.4, 0.5) is 0 Å². The van der Waals surface area contributed by atoms with E-state index in [4.69, 9.17) is 0 Å². The largest absolute Gasteiger partial charge is 0.294 e. The Bertz CT molecular complexity index is 568. The summed E-state index contributed by atoms with van der Waals surface area (Å²) in [6.07, 6.45) is 7.03. The first-order chi connectivity index (χ1) is 8.34. The van der Waals surface area contributed by atoms with Gasteiger partial charge in [0.05, 0.1) is 11.3 Å². The van der Waals surface area contributed by atoms with E-state index >= 15 is 0 Å². The van der Waals surface area contributed by atoms with E-state index in [0.717, 1.165) is 18.5 Å². The van der Waals surface area contributed by atoms with Gasteiger partial charge in [0.2, 0.25) is 0 Å². The zero-order chi connectivity index (χ0) is 11.7. The van der Waals surface area contributed by atoms with Gasteiger partial charge in [-0.3, -0.25) is 4.79 Å². The number of aromatic nitrogens is 4. The number of aryl methyl sites for hydroxylation is 1. The van der Waals surface area contributed by atoms with Gasteiger partial charge in [-0.2, -0.15) is 0 Å². The summed E-state index contributed by atoms with van der Waals surface area (Å²) in [6, 6.07) is 1.76. The Morgan fingerprint density at radius 2 is 2.12 bits per heavy atom. The van der Waals surface area contributed by atoms with Crippen molar-refractivity contribution in [2.75, 3.05) is 0 Å². The molecule has 0 aromatic carbocycles. The minimum atomic E-state index is 0.139. The fourth-order valence-corrected chi connectivity index (χ4v) is 1.94. The molecule has 1 aliphatic rings. The molecule has 2 aromatic rings. The van der Waals surface area contributed by atoms with Crippen LogP contribution >= 0.6 is 0 Å². The number of rotatable bonds is 1. The Balaban J connectivity index is 2.07. The highest BCUT2D eigenvalue weighted by molar-refractivity contribution is 5.97. The third-order valence-corrected chi connectivity index (χ3v) is 2.80. The SMILES string of the molecule is O=C1CCCc2nc(-c3ccncn3)ncc21. The lowest BCUT2D eigenvalue weighted by Crippen LogP contribution is -2.14. The summed E-state index contributed by atoms with van der Waals surface area (Å²) < 4.78 is 0. The van der Waals surface area contributed by atoms with Gasteiger partial charge in [-0.05, 0) is 18.9 Å². The van der Waals surface area contributed by atoms with Crippen LogP contribution in [0.15, 0.2) is 24.8 Å². The predicted molar refractivity (Wildman–Crippen MR) is 60.3 cm³/mol. The molecule has 2 aromatic heterocycles. The Morgan fingerprint density at radius 3 is 2.94 bits per heavy atom. The minimum absolute atomic E-state index is 0.139. The number of Topliss-reactive ketones (excluding diaryl/α,β-unsaturated/α-hetero) is 1. The second-order valence-corrected chi connectivity index (χ2v) is 3.93. The lowest BCUT2D eigenvalue weighted by molar-refractivity contribution is 0.0971. The molecule has 0 fully saturated rings. The molecule has 0 saturated heterocycles. The fraction of sp³-hybridized carbons (Fsp3) is 0.250. The van der Waals surface area contributed by atoms with Crippen LogP contribution < -0.4 is 0 Å². The van der Waals surface area contributed by atoms with E-state index in [0.29, 0.717) is 23.5 Å². The van der Waals surface area contributed by atoms with E-state index in [1.807, 2.05) is 0 Å². The van der Waals surface area contributed by atoms with Crippen LogP contribution in [0.1, 0.15) is 28.9 Å². The molecule has 0 saturated carbocycles. The van der Waals surface area contributed by atoms with Gasteiger partial charge in [0, 0.05) is 18.8 Å². The van der Waals surface area contributed by atoms with E-state index in [9.17, 15) is 4.79 Å². The number of carbonyl (C=O) groups is 1. The second-order valence-electron chi connectivity index (χ2n) is 3.93. The zero-order valence-electron chi connectivity index (χ0n) is 9.13. The van der Waals surface area contributed by atoms with Gasteiger partial charge in [0.25, 0.3) is 0 Å². The van der Waals surface area contributed by atoms with Gasteiger partial charge in [-0.15, -0.1) is 0 Å². The number of ketones is 1. The van der Waals surface area contributed by atoms with Crippen LogP contribution in [0, 0.1) is 0 Å². The molecule has 0 N–H and O–H groups in total. The summed E-state index contributed by atoms with van der Waals surface area (Å²) >= 11 is 0. The topological polar surface area (TPSA) is 68.6 Å². The summed E-state index contributed by atoms with van der Waals surface area (Å²) in [4.78, 5) is 28.2. The molecule has 0 spiro atoms. The molecule has 0 unspecified atom stereocenters. The van der Waals surface area contributed by atoms with Gasteiger partial charge in [-0.1, -0.05) is 0 Å². The number of fused-ring (bicyclic) bond motifs is 1. The molecule has 0 radical (unpaired) electrons. The van der Waals surface area contributed by atoms with Crippen LogP contribution in [0.3, 0.4) is 0 Å². The highest BCUT2D eigenvalue weighted by Gasteiger charge is 2.19. The summed E-state index contributed by atoms with van der Waals surface area (Å²) in [6.45, 7) is 0. The average Bonchev–Trinajstić information content (AvgIpc) is 2.40. The Kier molecular flexibility index (Phi) is 2.36. The molecule has 0 bridgehead atoms. The Morgan fingerprint density at radius 1 is 1.18 bits per heavy atom. The molecule has 17 heavy (non-hydrogen) atoms. The summed E-state index contributed by atoms with van der Waals surface area (Å²) in [7, 11) is 0. The standard InChI is InChI=1S/C12H10N4O/c17-11-3-1-2-9-8(11)6-14-12(16-9)10-4-5-13-7-15-10/h4-7H,1-3H2. The maximum absolute atomic E-state index is 11.6. The van der Waals surface area contributed by atoms with Crippen molar-refractivity contribution in [3.63, 3.8) is 0 Å². The van der Waals surface area contributed by atoms with Crippen LogP contribution in [0.2, 0.25) is 0 Å². The van der Waals surface area contributed by atoms with Crippen molar-refractivity contribution in [2.24, 2.45) is 0 Å². The van der Waals surface area contributed by atoms with Crippen LogP contribution in [-0.2, 0) is 6.42 Å². The van der Waals surface area contributed by atoms with E-state index in [1.165, 1.54) is 6.33 Å². The van der Waals surface area contributed by atoms with Crippen molar-refractivity contribution in [3.8, 4) is 11.5 Å². The summed E-state index contributed by atoms with van der Waals surface area (Å²) in [5.41, 5.74) is 2.18. The van der Waals surface area contributed by atoms with Crippen molar-refractivity contribution in [1.29, 1.82) is 0 Å². The fourth-order valence-electron chi connectivity index (χ4n) is 1.94. The van der Waals surface area contributed by atoms with Gasteiger partial charge >= 0.3 is 0 Å². The summed E-state index contributed by atoms with van der Waals surface area (Å²) in [5.74, 6) is 0.696. The molecule has 0 amide bonds. The first-order valence-electron chi connectivity index (χ1n) is 5.50. The molecular formula is C12H10N4O. The van der Waals surface area contributed by atoms with Gasteiger partial charge in [-0.25, -0.2) is 19.9 Å². The number of carbonyl (C=O) groups excluding carboxylic acids is 1. The first-order valence-corrected chi connectivity index (χ1v) is 5.50. The van der Waals surface area contributed by atoms with Crippen LogP contribution in [0.5, 0.6) is 0 Å². The van der Waals surface area contributed by atoms with Gasteiger partial charge < -0.3 is 0 Å². The van der Waals surface area contributed by atoms with E-state index in [2.05, 4.69) is 19.9 Å². The van der Waals surface area contributed by atoms with Crippen molar-refractivity contribution >= 4 is 5.78 Å². The maximum Gasteiger partial charge on any atom is 0.178 e. The molecule has 2 heterocycles. The minimum Gasteiger partial charge on any atom is -0.294 e. The zero-order valence-corrected chi connectivity index (χ0v) is 9.13. The average molecular weight is 226 g/mol. The molecule has 5 nitrogen and oxygen atoms in total. The Hall–Kier alpha value is -2.17. The van der Waals surface area contributed by atoms with Crippen molar-refractivity contribution < 1.29 is 4.79 Å². The summed E-state index contributed by atoms with van der Waals surface area (Å²) in [5, 5.41) is 0. The highest BCUT2D eigenvalue weighted by Crippen LogP contribution is 2.21. The number of hydrogen-bond acceptors (Lipinski definition) is 5. The van der Waals surface area contributed by atoms with E-state index in [1.54, 1.807) is 18.5 Å². The first kappa shape index (κ1) is 10.0. The van der Waals surface area contributed by atoms with E-state index < -0.39 is 0 Å². The second kappa shape index (κ2) is 4.01. The van der Waals surface area contributed by atoms with Crippen molar-refractivity contribution in [3.05, 3.63) is 36.0 Å². The predicted octanol–water partition coefficient (Wildman–Crippen LogP) is 1.45. The number of nitrogens with zero attached hydrogens (tertiary/aromatic N) is 4. The van der Waals surface area contributed by atoms with Gasteiger partial charge in [0.1, 0.15) is 12.0 Å². The normalized spacial score (nSPS) is 14.5. The van der Waals surface area contributed by atoms with E-state index in [-0.39, 0.29) is 5.78 Å². The van der Waals surface area contributed by atoms with Crippen LogP contribution in [-0.4, -0.2) is 25.7 Å². The van der Waals surface area contributed by atoms with Gasteiger partial charge in [0.15, 0.2) is 11.6 Å². The van der Waals surface area contributed by atoms with Crippen LogP contribution in [0.25, 0.3) is 11.5 Å². The quantitative estimate of drug-likeness (QED) is 0.736. The molecule has 3 rings (SSSR count). The third kappa shape index (κ3) is 1.80. The van der Waals surface area contributed by atoms with Crippen molar-refractivity contribution in [1.82, 2.24) is 19.9 Å². The lowest BCUT2D eigenvalue weighted by atomic mass is 9.96. The third-order valence-electron chi connectivity index (χ3n) is 2.80. The maximum atomic E-state index is 11.6. The molecule has 84 valence electrons. The molecule has 1 aliphatic carbocycles. The number of hydrogen-bond donors (Lipinski definition) is 0. The molecule has 0 aliphatic heterocycles. The lowest BCUT2D eigenvalue weighted by Gasteiger charge is -2.13. The highest BCUT2D eigenvalue weighted by atomic mass is 16.1. The molecule has 0 atom stereocenters. The molecular weight excluding hydrogens is 216 g/mol. The smallest absolute Gasteiger partial charge is 0.178 e. The monoisotopic (exact) mass is 226 g/mol. The molecule has 5 heteroatoms. The van der Waals surface area contributed by atoms with Crippen molar-refractivity contribution in [2.45, 2.75) is 19.3 Å². The Labute approximate surface area is 98.0 Å².